The summed E-state index contributed by atoms with van der Waals surface area (Å²) in [5.41, 5.74) is 7.52. The molecule has 1 fully saturated rings. The summed E-state index contributed by atoms with van der Waals surface area (Å²) in [7, 11) is 0. The highest BCUT2D eigenvalue weighted by molar-refractivity contribution is 6.02. The first kappa shape index (κ1) is 11.5. The number of fused-ring (bicyclic) bond motifs is 2. The molecule has 5 heteroatoms. The van der Waals surface area contributed by atoms with E-state index in [0.29, 0.717) is 12.4 Å². The molecule has 0 saturated carbocycles. The minimum absolute atomic E-state index is 0.272. The minimum Gasteiger partial charge on any atom is -0.493 e. The van der Waals surface area contributed by atoms with Crippen LogP contribution in [0.1, 0.15) is 31.4 Å². The van der Waals surface area contributed by atoms with Crippen molar-refractivity contribution < 1.29 is 14.2 Å². The first-order chi connectivity index (χ1) is 8.66. The van der Waals surface area contributed by atoms with Crippen LogP contribution in [0.15, 0.2) is 23.2 Å². The Hall–Kier alpha value is -1.59. The number of benzene rings is 1. The topological polar surface area (TPSA) is 66.1 Å². The largest absolute Gasteiger partial charge is 0.493 e. The quantitative estimate of drug-likeness (QED) is 0.884. The number of hydrogen-bond donors (Lipinski definition) is 1. The van der Waals surface area contributed by atoms with Gasteiger partial charge >= 0.3 is 5.91 Å². The number of amidine groups is 1. The van der Waals surface area contributed by atoms with Gasteiger partial charge in [0.05, 0.1) is 12.2 Å². The monoisotopic (exact) mass is 248 g/mol. The van der Waals surface area contributed by atoms with Gasteiger partial charge in [0.1, 0.15) is 11.6 Å². The highest BCUT2D eigenvalue weighted by atomic mass is 16.9. The lowest BCUT2D eigenvalue weighted by Gasteiger charge is -2.41. The van der Waals surface area contributed by atoms with E-state index in [2.05, 4.69) is 11.9 Å². The third-order valence-corrected chi connectivity index (χ3v) is 3.00. The Morgan fingerprint density at radius 2 is 2.22 bits per heavy atom. The Bertz CT molecular complexity index is 507. The Balaban J connectivity index is 2.03. The van der Waals surface area contributed by atoms with Gasteiger partial charge in [-0.05, 0) is 19.4 Å². The fraction of sp³-hybridized carbons (Fsp3) is 0.462. The van der Waals surface area contributed by atoms with E-state index in [1.165, 1.54) is 0 Å². The lowest BCUT2D eigenvalue weighted by Crippen LogP contribution is -2.47. The molecule has 96 valence electrons. The molecule has 2 heterocycles. The average molecular weight is 248 g/mol. The Morgan fingerprint density at radius 3 is 2.89 bits per heavy atom. The second-order valence-electron chi connectivity index (χ2n) is 4.41. The van der Waals surface area contributed by atoms with Gasteiger partial charge in [0, 0.05) is 5.56 Å². The van der Waals surface area contributed by atoms with Gasteiger partial charge in [-0.25, -0.2) is 4.99 Å². The van der Waals surface area contributed by atoms with Gasteiger partial charge < -0.3 is 10.5 Å². The second-order valence-corrected chi connectivity index (χ2v) is 4.41. The molecule has 1 spiro atoms. The van der Waals surface area contributed by atoms with Gasteiger partial charge in [0.25, 0.3) is 0 Å². The predicted molar refractivity (Wildman–Crippen MR) is 66.3 cm³/mol. The van der Waals surface area contributed by atoms with E-state index in [1.807, 2.05) is 25.1 Å². The van der Waals surface area contributed by atoms with Gasteiger partial charge in [0.15, 0.2) is 6.29 Å². The third-order valence-electron chi connectivity index (χ3n) is 3.00. The summed E-state index contributed by atoms with van der Waals surface area (Å²) in [6, 6.07) is 5.69. The lowest BCUT2D eigenvalue weighted by molar-refractivity contribution is -0.451. The van der Waals surface area contributed by atoms with Gasteiger partial charge in [0.2, 0.25) is 0 Å². The van der Waals surface area contributed by atoms with Crippen molar-refractivity contribution in [3.63, 3.8) is 0 Å². The first-order valence-corrected chi connectivity index (χ1v) is 6.14. The molecular weight excluding hydrogens is 232 g/mol. The Morgan fingerprint density at radius 1 is 1.44 bits per heavy atom. The van der Waals surface area contributed by atoms with Crippen molar-refractivity contribution in [3.8, 4) is 5.75 Å². The number of nitrogens with two attached hydrogens (primary N) is 1. The lowest BCUT2D eigenvalue weighted by atomic mass is 10.0. The van der Waals surface area contributed by atoms with Gasteiger partial charge in [-0.2, -0.15) is 0 Å². The third kappa shape index (κ3) is 1.51. The molecule has 2 aliphatic heterocycles. The number of nitrogens with zero attached hydrogens (tertiary/aromatic N) is 1. The molecule has 18 heavy (non-hydrogen) atoms. The van der Waals surface area contributed by atoms with Crippen LogP contribution < -0.4 is 10.5 Å². The summed E-state index contributed by atoms with van der Waals surface area (Å²) in [5.74, 6) is 0.0766. The molecule has 0 aromatic heterocycles. The first-order valence-electron chi connectivity index (χ1n) is 6.14. The molecule has 5 nitrogen and oxygen atoms in total. The van der Waals surface area contributed by atoms with Crippen LogP contribution in [0.3, 0.4) is 0 Å². The van der Waals surface area contributed by atoms with E-state index in [4.69, 9.17) is 19.9 Å². The number of ether oxygens (including phenoxy) is 3. The van der Waals surface area contributed by atoms with Crippen molar-refractivity contribution in [2.24, 2.45) is 10.7 Å². The molecule has 1 saturated heterocycles. The minimum atomic E-state index is -1.08. The van der Waals surface area contributed by atoms with Crippen LogP contribution in [0.5, 0.6) is 5.75 Å². The van der Waals surface area contributed by atoms with Crippen molar-refractivity contribution in [2.75, 3.05) is 6.61 Å². The second kappa shape index (κ2) is 3.96. The van der Waals surface area contributed by atoms with Gasteiger partial charge in [-0.3, -0.25) is 9.47 Å². The smallest absolute Gasteiger partial charge is 0.308 e. The highest BCUT2D eigenvalue weighted by Crippen LogP contribution is 2.49. The normalized spacial score (nSPS) is 28.8. The van der Waals surface area contributed by atoms with Crippen molar-refractivity contribution in [1.82, 2.24) is 0 Å². The molecular formula is C13H16N2O3. The van der Waals surface area contributed by atoms with Crippen molar-refractivity contribution >= 4 is 5.84 Å². The molecule has 1 aromatic rings. The van der Waals surface area contributed by atoms with E-state index in [1.54, 1.807) is 0 Å². The van der Waals surface area contributed by atoms with Crippen LogP contribution in [-0.2, 0) is 15.4 Å². The fourth-order valence-corrected chi connectivity index (χ4v) is 2.31. The summed E-state index contributed by atoms with van der Waals surface area (Å²) in [5, 5.41) is 0. The maximum absolute atomic E-state index is 5.91. The van der Waals surface area contributed by atoms with Crippen LogP contribution in [0.25, 0.3) is 0 Å². The Labute approximate surface area is 106 Å². The number of hydrogen-bond acceptors (Lipinski definition) is 5. The van der Waals surface area contributed by atoms with Crippen LogP contribution >= 0.6 is 0 Å². The Kier molecular flexibility index (Phi) is 2.53. The highest BCUT2D eigenvalue weighted by Gasteiger charge is 2.53. The zero-order valence-corrected chi connectivity index (χ0v) is 10.5. The van der Waals surface area contributed by atoms with Gasteiger partial charge in [-0.15, -0.1) is 0 Å². The summed E-state index contributed by atoms with van der Waals surface area (Å²) in [4.78, 5) is 4.28. The summed E-state index contributed by atoms with van der Waals surface area (Å²) < 4.78 is 17.0. The predicted octanol–water partition coefficient (Wildman–Crippen LogP) is 1.70. The van der Waals surface area contributed by atoms with E-state index in [9.17, 15) is 0 Å². The molecule has 0 aliphatic carbocycles. The molecule has 0 bridgehead atoms. The van der Waals surface area contributed by atoms with Crippen molar-refractivity contribution in [3.05, 3.63) is 29.3 Å². The standard InChI is InChI=1S/C13H16N2O3/c1-3-7-16-10-6-4-5-9-11(10)13(15-12(9)14)17-8(2)18-13/h4-6,8H,3,7H2,1-2H3,(H2,14,15). The number of aliphatic imine (C=N–C) groups is 1. The molecule has 1 aromatic carbocycles. The molecule has 0 amide bonds. The van der Waals surface area contributed by atoms with Crippen LogP contribution in [0.4, 0.5) is 0 Å². The van der Waals surface area contributed by atoms with Crippen LogP contribution in [0, 0.1) is 0 Å². The van der Waals surface area contributed by atoms with Crippen LogP contribution in [-0.4, -0.2) is 18.7 Å². The zero-order valence-electron chi connectivity index (χ0n) is 10.5. The average Bonchev–Trinajstić information content (AvgIpc) is 2.61. The molecule has 0 unspecified atom stereocenters. The van der Waals surface area contributed by atoms with E-state index in [-0.39, 0.29) is 6.29 Å². The maximum atomic E-state index is 5.91. The number of rotatable bonds is 3. The summed E-state index contributed by atoms with van der Waals surface area (Å²) >= 11 is 0. The van der Waals surface area contributed by atoms with E-state index < -0.39 is 5.91 Å². The molecule has 3 rings (SSSR count). The molecule has 2 N–H and O–H groups in total. The van der Waals surface area contributed by atoms with E-state index in [0.717, 1.165) is 23.3 Å². The maximum Gasteiger partial charge on any atom is 0.308 e. The molecule has 2 aliphatic rings. The fourth-order valence-electron chi connectivity index (χ4n) is 2.31. The van der Waals surface area contributed by atoms with Crippen molar-refractivity contribution in [2.45, 2.75) is 32.5 Å². The zero-order chi connectivity index (χ0) is 12.8. The summed E-state index contributed by atoms with van der Waals surface area (Å²) in [6.07, 6.45) is 0.664. The summed E-state index contributed by atoms with van der Waals surface area (Å²) in [6.45, 7) is 4.52. The van der Waals surface area contributed by atoms with Gasteiger partial charge in [-0.1, -0.05) is 19.1 Å². The molecule has 0 radical (unpaired) electrons. The van der Waals surface area contributed by atoms with Crippen molar-refractivity contribution in [1.29, 1.82) is 0 Å². The SMILES string of the molecule is CCCOc1cccc2c1C1(N=C2N)OC(C)O1. The van der Waals surface area contributed by atoms with E-state index >= 15 is 0 Å². The van der Waals surface area contributed by atoms with Crippen LogP contribution in [0.2, 0.25) is 0 Å². The molecule has 0 atom stereocenters.